The molecule has 0 amide bonds. The van der Waals surface area contributed by atoms with Crippen molar-refractivity contribution in [2.75, 3.05) is 18.5 Å². The van der Waals surface area contributed by atoms with Crippen LogP contribution in [0.2, 0.25) is 0 Å². The van der Waals surface area contributed by atoms with Crippen molar-refractivity contribution >= 4 is 5.69 Å². The molecule has 4 heteroatoms. The van der Waals surface area contributed by atoms with Crippen LogP contribution in [0.4, 0.5) is 10.1 Å². The molecule has 22 heavy (non-hydrogen) atoms. The van der Waals surface area contributed by atoms with Crippen LogP contribution in [0.1, 0.15) is 25.8 Å². The quantitative estimate of drug-likeness (QED) is 0.771. The fourth-order valence-electron chi connectivity index (χ4n) is 2.03. The lowest BCUT2D eigenvalue weighted by Crippen LogP contribution is -2.03. The lowest BCUT2D eigenvalue weighted by atomic mass is 10.2. The Labute approximate surface area is 131 Å². The second-order valence-electron chi connectivity index (χ2n) is 4.92. The number of benzene rings is 2. The maximum absolute atomic E-state index is 12.9. The zero-order valence-corrected chi connectivity index (χ0v) is 13.1. The van der Waals surface area contributed by atoms with E-state index in [1.165, 1.54) is 12.1 Å². The summed E-state index contributed by atoms with van der Waals surface area (Å²) in [4.78, 5) is 0. The second-order valence-corrected chi connectivity index (χ2v) is 4.92. The molecule has 0 atom stereocenters. The average Bonchev–Trinajstić information content (AvgIpc) is 2.54. The first kappa shape index (κ1) is 16.1. The van der Waals surface area contributed by atoms with Crippen LogP contribution in [0.3, 0.4) is 0 Å². The van der Waals surface area contributed by atoms with Gasteiger partial charge in [0.25, 0.3) is 0 Å². The van der Waals surface area contributed by atoms with Gasteiger partial charge in [-0.15, -0.1) is 0 Å². The van der Waals surface area contributed by atoms with Crippen molar-refractivity contribution < 1.29 is 13.9 Å². The van der Waals surface area contributed by atoms with E-state index >= 15 is 0 Å². The summed E-state index contributed by atoms with van der Waals surface area (Å²) in [5, 5.41) is 3.26. The number of hydrogen-bond acceptors (Lipinski definition) is 3. The highest BCUT2D eigenvalue weighted by molar-refractivity contribution is 5.46. The van der Waals surface area contributed by atoms with Gasteiger partial charge in [0.15, 0.2) is 11.5 Å². The Morgan fingerprint density at radius 2 is 1.73 bits per heavy atom. The summed E-state index contributed by atoms with van der Waals surface area (Å²) in [7, 11) is 0. The van der Waals surface area contributed by atoms with E-state index in [4.69, 9.17) is 9.47 Å². The van der Waals surface area contributed by atoms with E-state index in [1.807, 2.05) is 25.1 Å². The van der Waals surface area contributed by atoms with E-state index in [1.54, 1.807) is 12.1 Å². The normalized spacial score (nSPS) is 10.3. The smallest absolute Gasteiger partial charge is 0.161 e. The van der Waals surface area contributed by atoms with E-state index in [0.29, 0.717) is 19.8 Å². The third-order valence-electron chi connectivity index (χ3n) is 3.11. The first-order valence-electron chi connectivity index (χ1n) is 7.61. The van der Waals surface area contributed by atoms with Gasteiger partial charge in [0, 0.05) is 12.2 Å². The lowest BCUT2D eigenvalue weighted by Gasteiger charge is -2.13. The number of anilines is 1. The Morgan fingerprint density at radius 1 is 0.955 bits per heavy atom. The van der Waals surface area contributed by atoms with Crippen molar-refractivity contribution in [3.8, 4) is 11.5 Å². The molecule has 0 unspecified atom stereocenters. The summed E-state index contributed by atoms with van der Waals surface area (Å²) < 4.78 is 24.2. The highest BCUT2D eigenvalue weighted by atomic mass is 19.1. The Balaban J connectivity index is 2.04. The van der Waals surface area contributed by atoms with Gasteiger partial charge in [-0.3, -0.25) is 0 Å². The molecular weight excluding hydrogens is 281 g/mol. The zero-order chi connectivity index (χ0) is 15.8. The molecule has 0 radical (unpaired) electrons. The van der Waals surface area contributed by atoms with Gasteiger partial charge in [-0.2, -0.15) is 0 Å². The molecular formula is C18H22FNO2. The van der Waals surface area contributed by atoms with Crippen LogP contribution in [0.25, 0.3) is 0 Å². The maximum atomic E-state index is 12.9. The number of rotatable bonds is 8. The average molecular weight is 303 g/mol. The lowest BCUT2D eigenvalue weighted by molar-refractivity contribution is 0.276. The molecule has 2 rings (SSSR count). The van der Waals surface area contributed by atoms with Gasteiger partial charge in [0.2, 0.25) is 0 Å². The van der Waals surface area contributed by atoms with Crippen molar-refractivity contribution in [2.24, 2.45) is 0 Å². The molecule has 118 valence electrons. The number of nitrogens with one attached hydrogen (secondary N) is 1. The molecule has 2 aromatic rings. The van der Waals surface area contributed by atoms with E-state index in [9.17, 15) is 4.39 Å². The summed E-state index contributed by atoms with van der Waals surface area (Å²) in [5.74, 6) is 1.30. The fourth-order valence-corrected chi connectivity index (χ4v) is 2.03. The van der Waals surface area contributed by atoms with Crippen molar-refractivity contribution in [1.82, 2.24) is 0 Å². The standard InChI is InChI=1S/C18H22FNO2/c1-3-11-22-17-10-5-14(12-18(17)21-4-2)13-20-16-8-6-15(19)7-9-16/h5-10,12,20H,3-4,11,13H2,1-2H3. The molecule has 0 heterocycles. The van der Waals surface area contributed by atoms with Crippen LogP contribution in [-0.2, 0) is 6.54 Å². The van der Waals surface area contributed by atoms with Gasteiger partial charge in [0.05, 0.1) is 13.2 Å². The van der Waals surface area contributed by atoms with E-state index in [0.717, 1.165) is 29.2 Å². The second kappa shape index (κ2) is 8.27. The van der Waals surface area contributed by atoms with Crippen LogP contribution in [0, 0.1) is 5.82 Å². The summed E-state index contributed by atoms with van der Waals surface area (Å²) >= 11 is 0. The van der Waals surface area contributed by atoms with Crippen molar-refractivity contribution in [1.29, 1.82) is 0 Å². The van der Waals surface area contributed by atoms with Crippen LogP contribution < -0.4 is 14.8 Å². The highest BCUT2D eigenvalue weighted by Gasteiger charge is 2.06. The maximum Gasteiger partial charge on any atom is 0.161 e. The minimum Gasteiger partial charge on any atom is -0.490 e. The van der Waals surface area contributed by atoms with Gasteiger partial charge in [-0.05, 0) is 55.3 Å². The molecule has 0 aliphatic carbocycles. The SMILES string of the molecule is CCCOc1ccc(CNc2ccc(F)cc2)cc1OCC. The first-order chi connectivity index (χ1) is 10.7. The van der Waals surface area contributed by atoms with Crippen LogP contribution >= 0.6 is 0 Å². The summed E-state index contributed by atoms with van der Waals surface area (Å²) in [5.41, 5.74) is 1.96. The predicted octanol–water partition coefficient (Wildman–Crippen LogP) is 4.63. The van der Waals surface area contributed by atoms with Gasteiger partial charge in [0.1, 0.15) is 5.82 Å². The van der Waals surface area contributed by atoms with Gasteiger partial charge in [-0.25, -0.2) is 4.39 Å². The van der Waals surface area contributed by atoms with Crippen LogP contribution in [0.15, 0.2) is 42.5 Å². The Hall–Kier alpha value is -2.23. The van der Waals surface area contributed by atoms with E-state index < -0.39 is 0 Å². The Bertz CT molecular complexity index is 584. The molecule has 0 aliphatic heterocycles. The summed E-state index contributed by atoms with van der Waals surface area (Å²) in [6, 6.07) is 12.2. The molecule has 0 saturated heterocycles. The monoisotopic (exact) mass is 303 g/mol. The molecule has 0 saturated carbocycles. The topological polar surface area (TPSA) is 30.5 Å². The van der Waals surface area contributed by atoms with Crippen molar-refractivity contribution in [3.05, 3.63) is 53.8 Å². The molecule has 0 fully saturated rings. The van der Waals surface area contributed by atoms with Crippen molar-refractivity contribution in [2.45, 2.75) is 26.8 Å². The third-order valence-corrected chi connectivity index (χ3v) is 3.11. The minimum absolute atomic E-state index is 0.235. The van der Waals surface area contributed by atoms with Gasteiger partial charge < -0.3 is 14.8 Å². The zero-order valence-electron chi connectivity index (χ0n) is 13.1. The molecule has 0 spiro atoms. The minimum atomic E-state index is -0.235. The predicted molar refractivity (Wildman–Crippen MR) is 87.1 cm³/mol. The molecule has 0 bridgehead atoms. The highest BCUT2D eigenvalue weighted by Crippen LogP contribution is 2.29. The summed E-state index contributed by atoms with van der Waals surface area (Å²) in [6.45, 7) is 5.93. The molecule has 3 nitrogen and oxygen atoms in total. The number of hydrogen-bond donors (Lipinski definition) is 1. The third kappa shape index (κ3) is 4.65. The molecule has 2 aromatic carbocycles. The first-order valence-corrected chi connectivity index (χ1v) is 7.61. The van der Waals surface area contributed by atoms with Gasteiger partial charge in [-0.1, -0.05) is 13.0 Å². The number of ether oxygens (including phenoxy) is 2. The van der Waals surface area contributed by atoms with Crippen molar-refractivity contribution in [3.63, 3.8) is 0 Å². The summed E-state index contributed by atoms with van der Waals surface area (Å²) in [6.07, 6.45) is 0.958. The van der Waals surface area contributed by atoms with Crippen LogP contribution in [0.5, 0.6) is 11.5 Å². The Morgan fingerprint density at radius 3 is 2.41 bits per heavy atom. The fraction of sp³-hybridized carbons (Fsp3) is 0.333. The molecule has 1 N–H and O–H groups in total. The molecule has 0 aliphatic rings. The molecule has 0 aromatic heterocycles. The van der Waals surface area contributed by atoms with E-state index in [-0.39, 0.29) is 5.82 Å². The van der Waals surface area contributed by atoms with E-state index in [2.05, 4.69) is 12.2 Å². The number of halogens is 1. The van der Waals surface area contributed by atoms with Crippen LogP contribution in [-0.4, -0.2) is 13.2 Å². The Kier molecular flexibility index (Phi) is 6.07. The van der Waals surface area contributed by atoms with Gasteiger partial charge >= 0.3 is 0 Å². The largest absolute Gasteiger partial charge is 0.490 e.